The fourth-order valence-electron chi connectivity index (χ4n) is 5.75. The molecule has 0 radical (unpaired) electrons. The molecule has 0 fully saturated rings. The average Bonchev–Trinajstić information content (AvgIpc) is 3.77. The first-order valence-corrected chi connectivity index (χ1v) is 15.1. The minimum atomic E-state index is 0.918. The van der Waals surface area contributed by atoms with Crippen molar-refractivity contribution < 1.29 is 0 Å². The molecule has 0 spiro atoms. The molecule has 1 aliphatic heterocycles. The maximum absolute atomic E-state index is 3.70. The summed E-state index contributed by atoms with van der Waals surface area (Å²) in [5.41, 5.74) is 10.2. The van der Waals surface area contributed by atoms with E-state index < -0.39 is 0 Å². The predicted molar refractivity (Wildman–Crippen MR) is 162 cm³/mol. The molecule has 8 bridgehead atoms. The second kappa shape index (κ2) is 13.5. The second-order valence-electron chi connectivity index (χ2n) is 11.2. The standard InChI is InChI=1S/C32H48N8/c1-5-37-17-25-9-11-27(33-25)19-38(6-2)21-29-13-15-31(35-29)23-40(8-4)24-32-16-14-30(36-32)22-39(7-3)20-28-12-10-26(18-37)34-28/h9-16,33-36H,5-8,17-24H2,1-4H3. The number of fused-ring (bicyclic) bond motifs is 8. The number of hydrogen-bond acceptors (Lipinski definition) is 4. The number of rotatable bonds is 4. The SMILES string of the molecule is CCN1Cc2ccc([nH]2)CN(CC)Cc2ccc([nH]2)CN(CC)Cc2ccc([nH]2)CN(CC)Cc2ccc([nH]2)C1. The summed E-state index contributed by atoms with van der Waals surface area (Å²) in [4.78, 5) is 24.7. The van der Waals surface area contributed by atoms with Crippen LogP contribution in [0.15, 0.2) is 48.5 Å². The van der Waals surface area contributed by atoms with Gasteiger partial charge in [-0.25, -0.2) is 0 Å². The Labute approximate surface area is 239 Å². The van der Waals surface area contributed by atoms with E-state index in [1.165, 1.54) is 45.6 Å². The van der Waals surface area contributed by atoms with E-state index in [4.69, 9.17) is 0 Å². The van der Waals surface area contributed by atoms with E-state index in [2.05, 4.69) is 116 Å². The van der Waals surface area contributed by atoms with E-state index in [0.29, 0.717) is 0 Å². The van der Waals surface area contributed by atoms with Gasteiger partial charge in [-0.3, -0.25) is 19.6 Å². The second-order valence-corrected chi connectivity index (χ2v) is 11.2. The predicted octanol–water partition coefficient (Wildman–Crippen LogP) is 5.40. The lowest BCUT2D eigenvalue weighted by molar-refractivity contribution is 0.254. The van der Waals surface area contributed by atoms with Crippen LogP contribution in [0.2, 0.25) is 0 Å². The summed E-state index contributed by atoms with van der Waals surface area (Å²) in [6, 6.07) is 18.0. The van der Waals surface area contributed by atoms with E-state index in [9.17, 15) is 0 Å². The van der Waals surface area contributed by atoms with Crippen LogP contribution in [-0.4, -0.2) is 65.7 Å². The summed E-state index contributed by atoms with van der Waals surface area (Å²) in [6.45, 7) is 20.3. The monoisotopic (exact) mass is 544 g/mol. The van der Waals surface area contributed by atoms with Crippen LogP contribution in [0.3, 0.4) is 0 Å². The molecular formula is C32H48N8. The van der Waals surface area contributed by atoms with Crippen molar-refractivity contribution in [1.82, 2.24) is 39.5 Å². The molecule has 8 nitrogen and oxygen atoms in total. The molecule has 0 amide bonds. The molecule has 40 heavy (non-hydrogen) atoms. The van der Waals surface area contributed by atoms with Crippen molar-refractivity contribution in [2.45, 2.75) is 80.1 Å². The topological polar surface area (TPSA) is 76.1 Å². The lowest BCUT2D eigenvalue weighted by Crippen LogP contribution is -2.25. The molecule has 0 unspecified atom stereocenters. The molecule has 216 valence electrons. The van der Waals surface area contributed by atoms with Crippen molar-refractivity contribution in [3.8, 4) is 0 Å². The van der Waals surface area contributed by atoms with Gasteiger partial charge in [0.1, 0.15) is 0 Å². The molecule has 4 N–H and O–H groups in total. The van der Waals surface area contributed by atoms with Crippen LogP contribution in [0.25, 0.3) is 0 Å². The van der Waals surface area contributed by atoms with Gasteiger partial charge in [-0.05, 0) is 74.7 Å². The number of aromatic amines is 4. The number of H-pyrrole nitrogens is 4. The highest BCUT2D eigenvalue weighted by atomic mass is 15.2. The van der Waals surface area contributed by atoms with Gasteiger partial charge in [0, 0.05) is 97.9 Å². The van der Waals surface area contributed by atoms with Gasteiger partial charge in [-0.1, -0.05) is 27.7 Å². The van der Waals surface area contributed by atoms with Crippen molar-refractivity contribution in [2.75, 3.05) is 26.2 Å². The fourth-order valence-corrected chi connectivity index (χ4v) is 5.75. The van der Waals surface area contributed by atoms with Crippen molar-refractivity contribution in [3.05, 3.63) is 94.1 Å². The Morgan fingerprint density at radius 3 is 0.625 bits per heavy atom. The zero-order chi connectivity index (χ0) is 27.9. The van der Waals surface area contributed by atoms with E-state index in [1.54, 1.807) is 0 Å². The molecule has 1 aliphatic rings. The zero-order valence-corrected chi connectivity index (χ0v) is 24.9. The van der Waals surface area contributed by atoms with Crippen LogP contribution in [0, 0.1) is 0 Å². The first-order valence-electron chi connectivity index (χ1n) is 15.1. The minimum absolute atomic E-state index is 0.918. The van der Waals surface area contributed by atoms with Gasteiger partial charge in [0.2, 0.25) is 0 Å². The lowest BCUT2D eigenvalue weighted by Gasteiger charge is -2.21. The number of hydrogen-bond donors (Lipinski definition) is 4. The number of nitrogens with one attached hydrogen (secondary N) is 4. The molecule has 4 aromatic heterocycles. The van der Waals surface area contributed by atoms with Gasteiger partial charge >= 0.3 is 0 Å². The Morgan fingerprint density at radius 2 is 0.500 bits per heavy atom. The molecule has 0 atom stereocenters. The van der Waals surface area contributed by atoms with Crippen LogP contribution in [0.5, 0.6) is 0 Å². The third kappa shape index (κ3) is 7.57. The minimum Gasteiger partial charge on any atom is -0.360 e. The molecular weight excluding hydrogens is 496 g/mol. The van der Waals surface area contributed by atoms with Gasteiger partial charge < -0.3 is 19.9 Å². The van der Waals surface area contributed by atoms with Gasteiger partial charge in [-0.15, -0.1) is 0 Å². The van der Waals surface area contributed by atoms with Crippen molar-refractivity contribution in [2.24, 2.45) is 0 Å². The zero-order valence-electron chi connectivity index (χ0n) is 24.9. The summed E-state index contributed by atoms with van der Waals surface area (Å²) in [7, 11) is 0. The van der Waals surface area contributed by atoms with E-state index >= 15 is 0 Å². The van der Waals surface area contributed by atoms with Crippen LogP contribution >= 0.6 is 0 Å². The molecule has 5 heterocycles. The van der Waals surface area contributed by atoms with Gasteiger partial charge in [0.25, 0.3) is 0 Å². The molecule has 8 heteroatoms. The first kappa shape index (κ1) is 28.5. The Hall–Kier alpha value is -3.04. The highest BCUT2D eigenvalue weighted by Gasteiger charge is 2.14. The quantitative estimate of drug-likeness (QED) is 0.278. The van der Waals surface area contributed by atoms with Crippen molar-refractivity contribution in [1.29, 1.82) is 0 Å². The van der Waals surface area contributed by atoms with E-state index in [0.717, 1.165) is 78.5 Å². The summed E-state index contributed by atoms with van der Waals surface area (Å²) in [5.74, 6) is 0. The normalized spacial score (nSPS) is 17.7. The highest BCUT2D eigenvalue weighted by molar-refractivity contribution is 5.18. The Morgan fingerprint density at radius 1 is 0.350 bits per heavy atom. The number of nitrogens with zero attached hydrogens (tertiary/aromatic N) is 4. The van der Waals surface area contributed by atoms with Crippen LogP contribution in [0.4, 0.5) is 0 Å². The molecule has 0 saturated carbocycles. The third-order valence-corrected chi connectivity index (χ3v) is 8.17. The highest BCUT2D eigenvalue weighted by Crippen LogP contribution is 2.17. The number of aromatic nitrogens is 4. The summed E-state index contributed by atoms with van der Waals surface area (Å²) in [5, 5.41) is 0. The van der Waals surface area contributed by atoms with Crippen LogP contribution in [0.1, 0.15) is 73.2 Å². The largest absolute Gasteiger partial charge is 0.360 e. The van der Waals surface area contributed by atoms with E-state index in [-0.39, 0.29) is 0 Å². The maximum Gasteiger partial charge on any atom is 0.0389 e. The molecule has 5 rings (SSSR count). The fraction of sp³-hybridized carbons (Fsp3) is 0.500. The molecule has 0 saturated heterocycles. The van der Waals surface area contributed by atoms with Crippen molar-refractivity contribution >= 4 is 0 Å². The van der Waals surface area contributed by atoms with E-state index in [1.807, 2.05) is 0 Å². The third-order valence-electron chi connectivity index (χ3n) is 8.17. The Kier molecular flexibility index (Phi) is 9.65. The van der Waals surface area contributed by atoms with Crippen LogP contribution < -0.4 is 0 Å². The molecule has 4 aromatic rings. The first-order chi connectivity index (χ1) is 19.5. The Balaban J connectivity index is 1.37. The van der Waals surface area contributed by atoms with Gasteiger partial charge in [0.05, 0.1) is 0 Å². The smallest absolute Gasteiger partial charge is 0.0389 e. The van der Waals surface area contributed by atoms with Gasteiger partial charge in [0.15, 0.2) is 0 Å². The molecule has 0 aliphatic carbocycles. The van der Waals surface area contributed by atoms with Gasteiger partial charge in [-0.2, -0.15) is 0 Å². The summed E-state index contributed by atoms with van der Waals surface area (Å²) < 4.78 is 0. The summed E-state index contributed by atoms with van der Waals surface area (Å²) in [6.07, 6.45) is 0. The van der Waals surface area contributed by atoms with Crippen LogP contribution in [-0.2, 0) is 52.4 Å². The van der Waals surface area contributed by atoms with Crippen molar-refractivity contribution in [3.63, 3.8) is 0 Å². The summed E-state index contributed by atoms with van der Waals surface area (Å²) >= 11 is 0. The lowest BCUT2D eigenvalue weighted by atomic mass is 10.3. The Bertz CT molecular complexity index is 1030. The average molecular weight is 545 g/mol. The molecule has 0 aromatic carbocycles. The maximum atomic E-state index is 3.70.